The summed E-state index contributed by atoms with van der Waals surface area (Å²) in [5.74, 6) is 1.28. The number of halogens is 1. The molecule has 3 heteroatoms. The Kier molecular flexibility index (Phi) is 4.05. The van der Waals surface area contributed by atoms with Gasteiger partial charge in [-0.2, -0.15) is 0 Å². The number of aromatic nitrogens is 2. The van der Waals surface area contributed by atoms with Crippen LogP contribution in [-0.4, -0.2) is 4.57 Å². The molecule has 0 unspecified atom stereocenters. The van der Waals surface area contributed by atoms with E-state index in [0.717, 1.165) is 6.54 Å². The highest BCUT2D eigenvalue weighted by Crippen LogP contribution is 2.15. The number of para-hydroxylation sites is 2. The molecule has 0 saturated heterocycles. The highest BCUT2D eigenvalue weighted by Gasteiger charge is 2.18. The van der Waals surface area contributed by atoms with Gasteiger partial charge in [0.2, 0.25) is 0 Å². The lowest BCUT2D eigenvalue weighted by molar-refractivity contribution is -0.652. The van der Waals surface area contributed by atoms with E-state index in [1.165, 1.54) is 22.4 Å². The molecule has 2 aromatic carbocycles. The summed E-state index contributed by atoms with van der Waals surface area (Å²) < 4.78 is 4.61. The zero-order valence-corrected chi connectivity index (χ0v) is 12.8. The van der Waals surface area contributed by atoms with Crippen LogP contribution in [0.4, 0.5) is 0 Å². The monoisotopic (exact) mass is 316 g/mol. The Morgan fingerprint density at radius 3 is 2.32 bits per heavy atom. The maximum Gasteiger partial charge on any atom is 0.254 e. The molecule has 0 aliphatic heterocycles. The van der Waals surface area contributed by atoms with Crippen LogP contribution in [0.1, 0.15) is 11.4 Å². The van der Waals surface area contributed by atoms with Gasteiger partial charge in [-0.05, 0) is 17.7 Å². The Morgan fingerprint density at radius 1 is 0.947 bits per heavy atom. The molecule has 0 radical (unpaired) electrons. The highest BCUT2D eigenvalue weighted by atomic mass is 79.9. The summed E-state index contributed by atoms with van der Waals surface area (Å²) in [6.45, 7) is 3.09. The van der Waals surface area contributed by atoms with Crippen LogP contribution in [0.15, 0.2) is 54.6 Å². The number of fused-ring (bicyclic) bond motifs is 1. The summed E-state index contributed by atoms with van der Waals surface area (Å²) in [7, 11) is 2.12. The van der Waals surface area contributed by atoms with Crippen LogP contribution in [0.2, 0.25) is 0 Å². The van der Waals surface area contributed by atoms with E-state index >= 15 is 0 Å². The molecule has 3 rings (SSSR count). The first-order valence-electron chi connectivity index (χ1n) is 6.25. The largest absolute Gasteiger partial charge is 1.00 e. The lowest BCUT2D eigenvalue weighted by atomic mass is 10.2. The van der Waals surface area contributed by atoms with Crippen LogP contribution in [-0.2, 0) is 13.6 Å². The second-order valence-electron chi connectivity index (χ2n) is 4.67. The topological polar surface area (TPSA) is 8.81 Å². The Morgan fingerprint density at radius 2 is 1.58 bits per heavy atom. The van der Waals surface area contributed by atoms with Gasteiger partial charge < -0.3 is 17.0 Å². The summed E-state index contributed by atoms with van der Waals surface area (Å²) in [6.07, 6.45) is 0. The zero-order chi connectivity index (χ0) is 12.5. The summed E-state index contributed by atoms with van der Waals surface area (Å²) in [5.41, 5.74) is 3.91. The van der Waals surface area contributed by atoms with Gasteiger partial charge >= 0.3 is 0 Å². The quantitative estimate of drug-likeness (QED) is 0.580. The molecular weight excluding hydrogens is 300 g/mol. The van der Waals surface area contributed by atoms with E-state index in [-0.39, 0.29) is 17.0 Å². The second kappa shape index (κ2) is 5.57. The van der Waals surface area contributed by atoms with Crippen molar-refractivity contribution >= 4 is 11.0 Å². The molecule has 0 amide bonds. The Balaban J connectivity index is 0.00000133. The average molecular weight is 317 g/mol. The smallest absolute Gasteiger partial charge is 0.254 e. The maximum atomic E-state index is 2.37. The molecule has 0 aliphatic rings. The van der Waals surface area contributed by atoms with Crippen LogP contribution >= 0.6 is 0 Å². The number of benzene rings is 2. The summed E-state index contributed by atoms with van der Waals surface area (Å²) in [5, 5.41) is 0. The summed E-state index contributed by atoms with van der Waals surface area (Å²) in [6, 6.07) is 19.1. The van der Waals surface area contributed by atoms with Crippen LogP contribution in [0, 0.1) is 6.92 Å². The Bertz CT molecular complexity index is 687. The van der Waals surface area contributed by atoms with Crippen molar-refractivity contribution in [2.75, 3.05) is 0 Å². The number of hydrogen-bond donors (Lipinski definition) is 0. The van der Waals surface area contributed by atoms with Crippen molar-refractivity contribution in [2.45, 2.75) is 13.5 Å². The van der Waals surface area contributed by atoms with Crippen LogP contribution in [0.5, 0.6) is 0 Å². The molecule has 0 bridgehead atoms. The minimum absolute atomic E-state index is 0. The van der Waals surface area contributed by atoms with Gasteiger partial charge in [-0.25, -0.2) is 9.13 Å². The van der Waals surface area contributed by atoms with Crippen LogP contribution < -0.4 is 21.5 Å². The van der Waals surface area contributed by atoms with Gasteiger partial charge in [-0.1, -0.05) is 42.5 Å². The lowest BCUT2D eigenvalue weighted by Crippen LogP contribution is -3.00. The van der Waals surface area contributed by atoms with Gasteiger partial charge in [0.05, 0.1) is 7.05 Å². The van der Waals surface area contributed by atoms with Crippen LogP contribution in [0.25, 0.3) is 11.0 Å². The third kappa shape index (κ3) is 2.43. The predicted molar refractivity (Wildman–Crippen MR) is 73.4 cm³/mol. The molecule has 19 heavy (non-hydrogen) atoms. The summed E-state index contributed by atoms with van der Waals surface area (Å²) >= 11 is 0. The molecular formula is C16H17BrN2. The molecule has 0 fully saturated rings. The first-order valence-corrected chi connectivity index (χ1v) is 6.25. The predicted octanol–water partition coefficient (Wildman–Crippen LogP) is -0.173. The average Bonchev–Trinajstić information content (AvgIpc) is 2.66. The fourth-order valence-corrected chi connectivity index (χ4v) is 2.47. The number of nitrogens with zero attached hydrogens (tertiary/aromatic N) is 2. The molecule has 0 N–H and O–H groups in total. The number of aryl methyl sites for hydroxylation is 1. The van der Waals surface area contributed by atoms with E-state index in [1.807, 2.05) is 0 Å². The van der Waals surface area contributed by atoms with Gasteiger partial charge in [-0.3, -0.25) is 0 Å². The molecule has 1 heterocycles. The van der Waals surface area contributed by atoms with Crippen molar-refractivity contribution in [1.82, 2.24) is 4.57 Å². The van der Waals surface area contributed by atoms with E-state index in [0.29, 0.717) is 0 Å². The van der Waals surface area contributed by atoms with Gasteiger partial charge in [0, 0.05) is 6.92 Å². The third-order valence-corrected chi connectivity index (χ3v) is 3.59. The molecule has 0 aliphatic carbocycles. The third-order valence-electron chi connectivity index (χ3n) is 3.59. The first kappa shape index (κ1) is 13.8. The lowest BCUT2D eigenvalue weighted by Gasteiger charge is -2.00. The summed E-state index contributed by atoms with van der Waals surface area (Å²) in [4.78, 5) is 0. The molecule has 0 atom stereocenters. The first-order chi connectivity index (χ1) is 8.77. The fraction of sp³-hybridized carbons (Fsp3) is 0.188. The zero-order valence-electron chi connectivity index (χ0n) is 11.2. The Labute approximate surface area is 124 Å². The normalized spacial score (nSPS) is 10.4. The minimum Gasteiger partial charge on any atom is -1.00 e. The molecule has 98 valence electrons. The van der Waals surface area contributed by atoms with Crippen molar-refractivity contribution in [3.8, 4) is 0 Å². The number of rotatable bonds is 2. The Hall–Kier alpha value is -1.61. The van der Waals surface area contributed by atoms with Crippen molar-refractivity contribution in [2.24, 2.45) is 7.05 Å². The van der Waals surface area contributed by atoms with Gasteiger partial charge in [0.1, 0.15) is 6.54 Å². The van der Waals surface area contributed by atoms with E-state index in [1.54, 1.807) is 0 Å². The maximum absolute atomic E-state index is 2.37. The van der Waals surface area contributed by atoms with Crippen molar-refractivity contribution in [3.63, 3.8) is 0 Å². The van der Waals surface area contributed by atoms with E-state index in [4.69, 9.17) is 0 Å². The van der Waals surface area contributed by atoms with E-state index in [2.05, 4.69) is 77.7 Å². The van der Waals surface area contributed by atoms with Crippen LogP contribution in [0.3, 0.4) is 0 Å². The van der Waals surface area contributed by atoms with E-state index in [9.17, 15) is 0 Å². The number of hydrogen-bond acceptors (Lipinski definition) is 0. The second-order valence-corrected chi connectivity index (χ2v) is 4.67. The molecule has 0 saturated carbocycles. The molecule has 0 spiro atoms. The fourth-order valence-electron chi connectivity index (χ4n) is 2.47. The molecule has 2 nitrogen and oxygen atoms in total. The van der Waals surface area contributed by atoms with Crippen molar-refractivity contribution in [3.05, 3.63) is 66.0 Å². The van der Waals surface area contributed by atoms with Gasteiger partial charge in [0.25, 0.3) is 5.82 Å². The van der Waals surface area contributed by atoms with Crippen molar-refractivity contribution < 1.29 is 21.5 Å². The minimum atomic E-state index is 0. The van der Waals surface area contributed by atoms with Gasteiger partial charge in [-0.15, -0.1) is 0 Å². The molecule has 3 aromatic rings. The standard InChI is InChI=1S/C16H17N2.BrH/c1-13-17(2)15-10-6-7-11-16(15)18(13)12-14-8-4-3-5-9-14;/h3-11H,12H2,1-2H3;1H/q+1;/p-1. The number of imidazole rings is 1. The van der Waals surface area contributed by atoms with E-state index < -0.39 is 0 Å². The highest BCUT2D eigenvalue weighted by molar-refractivity contribution is 5.72. The van der Waals surface area contributed by atoms with Crippen molar-refractivity contribution in [1.29, 1.82) is 0 Å². The van der Waals surface area contributed by atoms with Gasteiger partial charge in [0.15, 0.2) is 11.0 Å². The molecule has 1 aromatic heterocycles. The SMILES string of the molecule is Cc1n(Cc2ccccc2)c2ccccc2[n+]1C.[Br-].